The molecule has 2 nitrogen and oxygen atoms in total. The molecule has 1 rings (SSSR count). The van der Waals surface area contributed by atoms with Crippen LogP contribution in [0.4, 0.5) is 4.39 Å². The Labute approximate surface area is 110 Å². The first-order valence-electron chi connectivity index (χ1n) is 6.61. The topological polar surface area (TPSA) is 21.3 Å². The van der Waals surface area contributed by atoms with E-state index < -0.39 is 0 Å². The van der Waals surface area contributed by atoms with E-state index in [1.54, 1.807) is 19.2 Å². The van der Waals surface area contributed by atoms with Crippen LogP contribution < -0.4 is 5.32 Å². The van der Waals surface area contributed by atoms with Crippen LogP contribution in [0.3, 0.4) is 0 Å². The van der Waals surface area contributed by atoms with E-state index in [-0.39, 0.29) is 5.82 Å². The average molecular weight is 253 g/mol. The first kappa shape index (κ1) is 15.1. The molecule has 102 valence electrons. The highest BCUT2D eigenvalue weighted by Gasteiger charge is 2.17. The lowest BCUT2D eigenvalue weighted by atomic mass is 9.88. The molecule has 0 aliphatic rings. The normalized spacial score (nSPS) is 14.4. The zero-order chi connectivity index (χ0) is 13.4. The van der Waals surface area contributed by atoms with Crippen molar-refractivity contribution in [1.82, 2.24) is 5.32 Å². The second-order valence-corrected chi connectivity index (χ2v) is 4.83. The molecule has 2 unspecified atom stereocenters. The zero-order valence-corrected chi connectivity index (χ0v) is 11.6. The molecule has 1 aromatic carbocycles. The van der Waals surface area contributed by atoms with E-state index in [1.165, 1.54) is 6.07 Å². The van der Waals surface area contributed by atoms with Crippen molar-refractivity contribution in [3.63, 3.8) is 0 Å². The van der Waals surface area contributed by atoms with Gasteiger partial charge in [-0.25, -0.2) is 4.39 Å². The maximum absolute atomic E-state index is 13.2. The van der Waals surface area contributed by atoms with E-state index in [0.717, 1.165) is 31.7 Å². The number of methoxy groups -OCH3 is 1. The van der Waals surface area contributed by atoms with Gasteiger partial charge in [-0.15, -0.1) is 0 Å². The maximum atomic E-state index is 13.2. The summed E-state index contributed by atoms with van der Waals surface area (Å²) in [7, 11) is 1.73. The van der Waals surface area contributed by atoms with Crippen LogP contribution in [-0.4, -0.2) is 26.8 Å². The Hall–Kier alpha value is -0.930. The molecule has 1 N–H and O–H groups in total. The van der Waals surface area contributed by atoms with Crippen molar-refractivity contribution < 1.29 is 9.13 Å². The number of benzene rings is 1. The summed E-state index contributed by atoms with van der Waals surface area (Å²) in [6.45, 7) is 6.92. The molecule has 0 spiro atoms. The van der Waals surface area contributed by atoms with Gasteiger partial charge in [0.15, 0.2) is 0 Å². The zero-order valence-electron chi connectivity index (χ0n) is 11.6. The highest BCUT2D eigenvalue weighted by molar-refractivity contribution is 5.17. The van der Waals surface area contributed by atoms with Gasteiger partial charge in [-0.1, -0.05) is 26.0 Å². The van der Waals surface area contributed by atoms with Gasteiger partial charge in [0.1, 0.15) is 5.82 Å². The Bertz CT molecular complexity index is 343. The van der Waals surface area contributed by atoms with Crippen LogP contribution in [0, 0.1) is 17.7 Å². The minimum atomic E-state index is -0.158. The highest BCUT2D eigenvalue weighted by Crippen LogP contribution is 2.18. The van der Waals surface area contributed by atoms with Gasteiger partial charge in [-0.3, -0.25) is 0 Å². The van der Waals surface area contributed by atoms with Crippen LogP contribution in [0.25, 0.3) is 0 Å². The van der Waals surface area contributed by atoms with Crippen LogP contribution in [0.2, 0.25) is 0 Å². The molecule has 0 aliphatic carbocycles. The Morgan fingerprint density at radius 3 is 2.78 bits per heavy atom. The summed E-state index contributed by atoms with van der Waals surface area (Å²) in [6.07, 6.45) is 0.884. The van der Waals surface area contributed by atoms with E-state index in [9.17, 15) is 4.39 Å². The number of rotatable bonds is 8. The predicted octanol–water partition coefficient (Wildman–Crippen LogP) is 2.88. The van der Waals surface area contributed by atoms with Crippen LogP contribution >= 0.6 is 0 Å². The third kappa shape index (κ3) is 5.15. The number of nitrogens with one attached hydrogen (secondary N) is 1. The van der Waals surface area contributed by atoms with Crippen LogP contribution in [0.1, 0.15) is 19.4 Å². The lowest BCUT2D eigenvalue weighted by Crippen LogP contribution is -2.30. The summed E-state index contributed by atoms with van der Waals surface area (Å²) in [5.74, 6) is 0.762. The molecular weight excluding hydrogens is 229 g/mol. The Morgan fingerprint density at radius 1 is 1.39 bits per heavy atom. The molecule has 0 heterocycles. The molecule has 0 fully saturated rings. The maximum Gasteiger partial charge on any atom is 0.123 e. The van der Waals surface area contributed by atoms with Crippen molar-refractivity contribution in [2.45, 2.75) is 20.3 Å². The molecule has 0 amide bonds. The molecule has 0 bridgehead atoms. The van der Waals surface area contributed by atoms with E-state index >= 15 is 0 Å². The lowest BCUT2D eigenvalue weighted by Gasteiger charge is -2.24. The van der Waals surface area contributed by atoms with Gasteiger partial charge >= 0.3 is 0 Å². The van der Waals surface area contributed by atoms with E-state index in [2.05, 4.69) is 19.2 Å². The molecule has 0 saturated heterocycles. The second-order valence-electron chi connectivity index (χ2n) is 4.83. The highest BCUT2D eigenvalue weighted by atomic mass is 19.1. The van der Waals surface area contributed by atoms with Crippen molar-refractivity contribution in [3.8, 4) is 0 Å². The first-order chi connectivity index (χ1) is 8.67. The molecule has 1 aromatic rings. The lowest BCUT2D eigenvalue weighted by molar-refractivity contribution is 0.128. The van der Waals surface area contributed by atoms with Crippen molar-refractivity contribution in [3.05, 3.63) is 35.6 Å². The molecule has 0 saturated carbocycles. The minimum Gasteiger partial charge on any atom is -0.384 e. The van der Waals surface area contributed by atoms with E-state index in [0.29, 0.717) is 11.8 Å². The molecule has 18 heavy (non-hydrogen) atoms. The molecule has 0 aromatic heterocycles. The standard InChI is InChI=1S/C15H24FNO/c1-4-17-10-14(12(2)11-18-3)8-13-6-5-7-15(16)9-13/h5-7,9,12,14,17H,4,8,10-11H2,1-3H3. The van der Waals surface area contributed by atoms with Crippen molar-refractivity contribution >= 4 is 0 Å². The summed E-state index contributed by atoms with van der Waals surface area (Å²) < 4.78 is 18.4. The molecule has 0 radical (unpaired) electrons. The van der Waals surface area contributed by atoms with Gasteiger partial charge in [0.25, 0.3) is 0 Å². The average Bonchev–Trinajstić information content (AvgIpc) is 2.34. The summed E-state index contributed by atoms with van der Waals surface area (Å²) in [4.78, 5) is 0. The third-order valence-corrected chi connectivity index (χ3v) is 3.28. The van der Waals surface area contributed by atoms with Crippen molar-refractivity contribution in [2.75, 3.05) is 26.8 Å². The van der Waals surface area contributed by atoms with Crippen molar-refractivity contribution in [1.29, 1.82) is 0 Å². The fraction of sp³-hybridized carbons (Fsp3) is 0.600. The second kappa shape index (κ2) is 8.22. The Morgan fingerprint density at radius 2 is 2.17 bits per heavy atom. The summed E-state index contributed by atoms with van der Waals surface area (Å²) >= 11 is 0. The van der Waals surface area contributed by atoms with Crippen molar-refractivity contribution in [2.24, 2.45) is 11.8 Å². The fourth-order valence-electron chi connectivity index (χ4n) is 2.17. The largest absolute Gasteiger partial charge is 0.384 e. The van der Waals surface area contributed by atoms with Gasteiger partial charge in [-0.2, -0.15) is 0 Å². The molecule has 3 heteroatoms. The Balaban J connectivity index is 2.64. The predicted molar refractivity (Wildman–Crippen MR) is 73.2 cm³/mol. The monoisotopic (exact) mass is 253 g/mol. The van der Waals surface area contributed by atoms with E-state index in [1.807, 2.05) is 6.07 Å². The van der Waals surface area contributed by atoms with Gasteiger partial charge in [0.05, 0.1) is 0 Å². The van der Waals surface area contributed by atoms with Gasteiger partial charge in [-0.05, 0) is 49.0 Å². The van der Waals surface area contributed by atoms with Gasteiger partial charge in [0.2, 0.25) is 0 Å². The SMILES string of the molecule is CCNCC(Cc1cccc(F)c1)C(C)COC. The van der Waals surface area contributed by atoms with Gasteiger partial charge < -0.3 is 10.1 Å². The quantitative estimate of drug-likeness (QED) is 0.769. The van der Waals surface area contributed by atoms with Crippen LogP contribution in [0.15, 0.2) is 24.3 Å². The molecular formula is C15H24FNO. The number of ether oxygens (including phenoxy) is 1. The van der Waals surface area contributed by atoms with Crippen LogP contribution in [0.5, 0.6) is 0 Å². The fourth-order valence-corrected chi connectivity index (χ4v) is 2.17. The third-order valence-electron chi connectivity index (χ3n) is 3.28. The molecule has 0 aliphatic heterocycles. The number of hydrogen-bond donors (Lipinski definition) is 1. The van der Waals surface area contributed by atoms with E-state index in [4.69, 9.17) is 4.74 Å². The summed E-state index contributed by atoms with van der Waals surface area (Å²) in [5.41, 5.74) is 1.06. The Kier molecular flexibility index (Phi) is 6.91. The minimum absolute atomic E-state index is 0.158. The first-order valence-corrected chi connectivity index (χ1v) is 6.61. The summed E-state index contributed by atoms with van der Waals surface area (Å²) in [6, 6.07) is 6.87. The summed E-state index contributed by atoms with van der Waals surface area (Å²) in [5, 5.41) is 3.37. The number of hydrogen-bond acceptors (Lipinski definition) is 2. The molecule has 2 atom stereocenters. The van der Waals surface area contributed by atoms with Gasteiger partial charge in [0, 0.05) is 13.7 Å². The van der Waals surface area contributed by atoms with Crippen LogP contribution in [-0.2, 0) is 11.2 Å². The number of halogens is 1. The smallest absolute Gasteiger partial charge is 0.123 e.